The fraction of sp³-hybridized carbons (Fsp3) is 0.409. The van der Waals surface area contributed by atoms with Crippen LogP contribution in [0.5, 0.6) is 0 Å². The fourth-order valence-corrected chi connectivity index (χ4v) is 4.85. The Hall–Kier alpha value is -2.18. The quantitative estimate of drug-likeness (QED) is 0.697. The summed E-state index contributed by atoms with van der Waals surface area (Å²) in [4.78, 5) is 13.9. The summed E-state index contributed by atoms with van der Waals surface area (Å²) in [5.41, 5.74) is 2.05. The smallest absolute Gasteiger partial charge is 0.261 e. The fourth-order valence-electron chi connectivity index (χ4n) is 3.75. The number of sulfonamides is 1. The molecule has 0 atom stereocenters. The number of anilines is 1. The third-order valence-electron chi connectivity index (χ3n) is 5.45. The molecule has 2 aromatic rings. The molecule has 0 amide bonds. The van der Waals surface area contributed by atoms with Gasteiger partial charge in [0.05, 0.1) is 10.6 Å². The van der Waals surface area contributed by atoms with Gasteiger partial charge >= 0.3 is 0 Å². The highest BCUT2D eigenvalue weighted by molar-refractivity contribution is 7.92. The van der Waals surface area contributed by atoms with E-state index >= 15 is 0 Å². The van der Waals surface area contributed by atoms with Crippen molar-refractivity contribution >= 4 is 21.5 Å². The van der Waals surface area contributed by atoms with Gasteiger partial charge in [0.2, 0.25) is 0 Å². The van der Waals surface area contributed by atoms with Crippen molar-refractivity contribution in [2.24, 2.45) is 0 Å². The normalized spacial score (nSPS) is 15.5. The van der Waals surface area contributed by atoms with Crippen LogP contribution in [0.3, 0.4) is 0 Å². The van der Waals surface area contributed by atoms with E-state index in [9.17, 15) is 13.2 Å². The first-order valence-corrected chi connectivity index (χ1v) is 11.3. The van der Waals surface area contributed by atoms with Crippen LogP contribution in [0.4, 0.5) is 5.69 Å². The summed E-state index contributed by atoms with van der Waals surface area (Å²) in [6.07, 6.45) is 6.24. The Kier molecular flexibility index (Phi) is 6.52. The van der Waals surface area contributed by atoms with Gasteiger partial charge in [0.15, 0.2) is 5.78 Å². The summed E-state index contributed by atoms with van der Waals surface area (Å²) in [6, 6.07) is 14.1. The Morgan fingerprint density at radius 2 is 1.68 bits per heavy atom. The van der Waals surface area contributed by atoms with E-state index in [1.807, 2.05) is 18.2 Å². The number of hydrogen-bond acceptors (Lipinski definition) is 4. The summed E-state index contributed by atoms with van der Waals surface area (Å²) in [7, 11) is -1.61. The number of nitrogens with one attached hydrogen (secondary N) is 1. The van der Waals surface area contributed by atoms with Gasteiger partial charge in [-0.3, -0.25) is 14.4 Å². The minimum Gasteiger partial charge on any atom is -0.299 e. The van der Waals surface area contributed by atoms with E-state index in [1.54, 1.807) is 18.2 Å². The number of carbonyl (C=O) groups is 1. The van der Waals surface area contributed by atoms with Crippen LogP contribution in [0, 0.1) is 0 Å². The van der Waals surface area contributed by atoms with Gasteiger partial charge in [0.25, 0.3) is 10.0 Å². The molecule has 28 heavy (non-hydrogen) atoms. The maximum atomic E-state index is 12.8. The Labute approximate surface area is 167 Å². The monoisotopic (exact) mass is 400 g/mol. The molecule has 0 heterocycles. The molecule has 2 aromatic carbocycles. The van der Waals surface area contributed by atoms with E-state index in [1.165, 1.54) is 51.2 Å². The number of nitrogens with zero attached hydrogens (tertiary/aromatic N) is 1. The molecule has 1 fully saturated rings. The van der Waals surface area contributed by atoms with Crippen molar-refractivity contribution in [3.05, 3.63) is 59.7 Å². The standard InChI is InChI=1S/C22H28N2O3S/c1-17(25)18-12-14-21(15-13-18)28(26,27)23-22-11-7-6-8-19(22)16-24(2)20-9-4-3-5-10-20/h6-8,11-15,20,23H,3-5,9-10,16H2,1-2H3. The third kappa shape index (κ3) is 5.00. The first-order valence-electron chi connectivity index (χ1n) is 9.79. The first-order chi connectivity index (χ1) is 13.4. The molecule has 1 aliphatic rings. The van der Waals surface area contributed by atoms with E-state index in [4.69, 9.17) is 0 Å². The topological polar surface area (TPSA) is 66.5 Å². The van der Waals surface area contributed by atoms with Crippen molar-refractivity contribution in [1.29, 1.82) is 0 Å². The zero-order chi connectivity index (χ0) is 20.1. The maximum Gasteiger partial charge on any atom is 0.261 e. The van der Waals surface area contributed by atoms with E-state index in [0.717, 1.165) is 5.56 Å². The van der Waals surface area contributed by atoms with Crippen molar-refractivity contribution in [2.75, 3.05) is 11.8 Å². The number of ketones is 1. The summed E-state index contributed by atoms with van der Waals surface area (Å²) >= 11 is 0. The Morgan fingerprint density at radius 1 is 1.04 bits per heavy atom. The van der Waals surface area contributed by atoms with Gasteiger partial charge in [-0.05, 0) is 50.6 Å². The summed E-state index contributed by atoms with van der Waals surface area (Å²) in [6.45, 7) is 2.16. The highest BCUT2D eigenvalue weighted by Gasteiger charge is 2.20. The van der Waals surface area contributed by atoms with Crippen LogP contribution in [0.2, 0.25) is 0 Å². The minimum atomic E-state index is -3.72. The molecule has 0 spiro atoms. The molecule has 5 nitrogen and oxygen atoms in total. The molecule has 6 heteroatoms. The molecule has 1 saturated carbocycles. The van der Waals surface area contributed by atoms with E-state index in [-0.39, 0.29) is 10.7 Å². The van der Waals surface area contributed by atoms with Crippen LogP contribution in [0.25, 0.3) is 0 Å². The molecular formula is C22H28N2O3S. The summed E-state index contributed by atoms with van der Waals surface area (Å²) < 4.78 is 28.3. The molecule has 1 aliphatic carbocycles. The highest BCUT2D eigenvalue weighted by Crippen LogP contribution is 2.26. The zero-order valence-electron chi connectivity index (χ0n) is 16.5. The summed E-state index contributed by atoms with van der Waals surface area (Å²) in [5.74, 6) is -0.0898. The zero-order valence-corrected chi connectivity index (χ0v) is 17.3. The molecule has 0 aromatic heterocycles. The van der Waals surface area contributed by atoms with Crippen molar-refractivity contribution in [2.45, 2.75) is 56.5 Å². The van der Waals surface area contributed by atoms with Gasteiger partial charge in [-0.2, -0.15) is 0 Å². The second kappa shape index (κ2) is 8.88. The Balaban J connectivity index is 1.77. The average molecular weight is 401 g/mol. The van der Waals surface area contributed by atoms with Crippen molar-refractivity contribution in [1.82, 2.24) is 4.90 Å². The number of rotatable bonds is 7. The van der Waals surface area contributed by atoms with Crippen LogP contribution < -0.4 is 4.72 Å². The van der Waals surface area contributed by atoms with E-state index in [0.29, 0.717) is 23.8 Å². The predicted octanol–water partition coefficient (Wildman–Crippen LogP) is 4.45. The van der Waals surface area contributed by atoms with Gasteiger partial charge < -0.3 is 0 Å². The van der Waals surface area contributed by atoms with Crippen molar-refractivity contribution in [3.8, 4) is 0 Å². The van der Waals surface area contributed by atoms with Crippen LogP contribution in [-0.4, -0.2) is 32.2 Å². The van der Waals surface area contributed by atoms with Crippen LogP contribution in [0.1, 0.15) is 54.9 Å². The molecule has 0 saturated heterocycles. The van der Waals surface area contributed by atoms with Crippen LogP contribution in [-0.2, 0) is 16.6 Å². The van der Waals surface area contributed by atoms with E-state index < -0.39 is 10.0 Å². The number of hydrogen-bond donors (Lipinski definition) is 1. The molecule has 0 radical (unpaired) electrons. The third-order valence-corrected chi connectivity index (χ3v) is 6.83. The molecular weight excluding hydrogens is 372 g/mol. The van der Waals surface area contributed by atoms with Gasteiger partial charge in [-0.15, -0.1) is 0 Å². The maximum absolute atomic E-state index is 12.8. The van der Waals surface area contributed by atoms with Crippen LogP contribution in [0.15, 0.2) is 53.4 Å². The Bertz CT molecular complexity index is 917. The lowest BCUT2D eigenvalue weighted by atomic mass is 9.94. The lowest BCUT2D eigenvalue weighted by molar-refractivity contribution is 0.101. The van der Waals surface area contributed by atoms with Crippen molar-refractivity contribution in [3.63, 3.8) is 0 Å². The second-order valence-corrected chi connectivity index (χ2v) is 9.23. The van der Waals surface area contributed by atoms with Gasteiger partial charge in [-0.1, -0.05) is 49.6 Å². The van der Waals surface area contributed by atoms with E-state index in [2.05, 4.69) is 16.7 Å². The minimum absolute atomic E-state index is 0.0898. The second-order valence-electron chi connectivity index (χ2n) is 7.55. The number of carbonyl (C=O) groups excluding carboxylic acids is 1. The molecule has 3 rings (SSSR count). The number of para-hydroxylation sites is 1. The SMILES string of the molecule is CC(=O)c1ccc(S(=O)(=O)Nc2ccccc2CN(C)C2CCCCC2)cc1. The van der Waals surface area contributed by atoms with Crippen LogP contribution >= 0.6 is 0 Å². The lowest BCUT2D eigenvalue weighted by Crippen LogP contribution is -2.33. The molecule has 0 bridgehead atoms. The Morgan fingerprint density at radius 3 is 2.32 bits per heavy atom. The average Bonchev–Trinajstić information content (AvgIpc) is 2.70. The van der Waals surface area contributed by atoms with Gasteiger partial charge in [-0.25, -0.2) is 8.42 Å². The van der Waals surface area contributed by atoms with Gasteiger partial charge in [0.1, 0.15) is 0 Å². The first kappa shape index (κ1) is 20.6. The molecule has 0 aliphatic heterocycles. The molecule has 1 N–H and O–H groups in total. The summed E-state index contributed by atoms with van der Waals surface area (Å²) in [5, 5.41) is 0. The molecule has 150 valence electrons. The lowest BCUT2D eigenvalue weighted by Gasteiger charge is -2.31. The number of Topliss-reactive ketones (excluding diaryl/α,β-unsaturated/α-hetero) is 1. The number of benzene rings is 2. The predicted molar refractivity (Wildman–Crippen MR) is 112 cm³/mol. The largest absolute Gasteiger partial charge is 0.299 e. The molecule has 0 unspecified atom stereocenters. The van der Waals surface area contributed by atoms with Crippen molar-refractivity contribution < 1.29 is 13.2 Å². The highest BCUT2D eigenvalue weighted by atomic mass is 32.2. The van der Waals surface area contributed by atoms with Gasteiger partial charge in [0, 0.05) is 18.2 Å².